The molecule has 3 rings (SSSR count). The Labute approximate surface area is 172 Å². The van der Waals surface area contributed by atoms with Crippen molar-refractivity contribution in [1.29, 1.82) is 0 Å². The molecule has 0 saturated carbocycles. The molecular weight excluding hydrogens is 427 g/mol. The molecule has 0 radical (unpaired) electrons. The number of aliphatic hydroxyl groups is 1. The molecule has 2 heterocycles. The predicted molar refractivity (Wildman–Crippen MR) is 101 cm³/mol. The predicted octanol–water partition coefficient (Wildman–Crippen LogP) is 1.94. The van der Waals surface area contributed by atoms with Gasteiger partial charge in [-0.25, -0.2) is 0 Å². The first-order valence-corrected chi connectivity index (χ1v) is 8.85. The van der Waals surface area contributed by atoms with Crippen molar-refractivity contribution < 1.29 is 23.1 Å². The van der Waals surface area contributed by atoms with Gasteiger partial charge in [0.25, 0.3) is 11.5 Å². The van der Waals surface area contributed by atoms with Gasteiger partial charge in [-0.05, 0) is 18.2 Å². The number of amides is 1. The van der Waals surface area contributed by atoms with Crippen molar-refractivity contribution in [2.24, 2.45) is 7.05 Å². The van der Waals surface area contributed by atoms with Crippen LogP contribution in [-0.4, -0.2) is 49.4 Å². The highest BCUT2D eigenvalue weighted by molar-refractivity contribution is 6.30. The number of halogens is 4. The maximum absolute atomic E-state index is 12.9. The Morgan fingerprint density at radius 2 is 1.97 bits per heavy atom. The number of carbonyl (C=O) groups is 1. The number of alkyl halides is 3. The molecule has 0 aliphatic heterocycles. The Hall–Kier alpha value is -3.18. The summed E-state index contributed by atoms with van der Waals surface area (Å²) in [6, 6.07) is 4.83. The number of rotatable bonds is 5. The molecule has 1 amide bonds. The summed E-state index contributed by atoms with van der Waals surface area (Å²) in [7, 11) is 1.60. The van der Waals surface area contributed by atoms with E-state index in [1.165, 1.54) is 17.1 Å². The Balaban J connectivity index is 2.13. The zero-order chi connectivity index (χ0) is 22.1. The molecule has 1 atom stereocenters. The molecule has 0 saturated heterocycles. The molecule has 3 aromatic rings. The summed E-state index contributed by atoms with van der Waals surface area (Å²) in [6.45, 7) is -1.37. The van der Waals surface area contributed by atoms with Crippen molar-refractivity contribution >= 4 is 17.5 Å². The van der Waals surface area contributed by atoms with Crippen LogP contribution in [0.1, 0.15) is 10.4 Å². The smallest absolute Gasteiger partial charge is 0.394 e. The minimum atomic E-state index is -4.89. The van der Waals surface area contributed by atoms with E-state index in [0.29, 0.717) is 10.6 Å². The number of aryl methyl sites for hydroxylation is 1. The molecule has 158 valence electrons. The molecule has 0 bridgehead atoms. The van der Waals surface area contributed by atoms with E-state index < -0.39 is 35.9 Å². The normalized spacial score (nSPS) is 12.6. The van der Waals surface area contributed by atoms with Gasteiger partial charge in [0.15, 0.2) is 0 Å². The molecule has 2 N–H and O–H groups in total. The van der Waals surface area contributed by atoms with Gasteiger partial charge < -0.3 is 10.4 Å². The van der Waals surface area contributed by atoms with E-state index in [1.54, 1.807) is 36.6 Å². The van der Waals surface area contributed by atoms with Gasteiger partial charge >= 0.3 is 6.18 Å². The summed E-state index contributed by atoms with van der Waals surface area (Å²) in [5.74, 6) is -1.30. The number of hydrogen-bond acceptors (Lipinski definition) is 5. The first-order valence-electron chi connectivity index (χ1n) is 8.48. The lowest BCUT2D eigenvalue weighted by molar-refractivity contribution is -0.161. The Morgan fingerprint density at radius 3 is 2.50 bits per heavy atom. The van der Waals surface area contributed by atoms with Crippen molar-refractivity contribution in [3.8, 4) is 16.9 Å². The van der Waals surface area contributed by atoms with Crippen LogP contribution in [0.2, 0.25) is 5.02 Å². The third-order valence-corrected chi connectivity index (χ3v) is 4.37. The third kappa shape index (κ3) is 4.52. The first kappa shape index (κ1) is 21.5. The summed E-state index contributed by atoms with van der Waals surface area (Å²) in [6.07, 6.45) is -2.12. The fraction of sp³-hybridized carbons (Fsp3) is 0.222. The van der Waals surface area contributed by atoms with Gasteiger partial charge in [0.05, 0.1) is 24.7 Å². The van der Waals surface area contributed by atoms with Crippen LogP contribution in [0.5, 0.6) is 0 Å². The van der Waals surface area contributed by atoms with Crippen LogP contribution in [-0.2, 0) is 7.05 Å². The van der Waals surface area contributed by atoms with E-state index in [4.69, 9.17) is 16.7 Å². The zero-order valence-electron chi connectivity index (χ0n) is 15.4. The van der Waals surface area contributed by atoms with E-state index in [1.807, 2.05) is 0 Å². The maximum atomic E-state index is 12.9. The summed E-state index contributed by atoms with van der Waals surface area (Å²) in [4.78, 5) is 25.3. The number of aliphatic hydroxyl groups excluding tert-OH is 1. The van der Waals surface area contributed by atoms with Crippen molar-refractivity contribution in [2.75, 3.05) is 6.61 Å². The molecule has 0 spiro atoms. The summed E-state index contributed by atoms with van der Waals surface area (Å²) >= 11 is 5.87. The lowest BCUT2D eigenvalue weighted by Gasteiger charge is -2.19. The van der Waals surface area contributed by atoms with Crippen molar-refractivity contribution in [3.63, 3.8) is 0 Å². The fourth-order valence-electron chi connectivity index (χ4n) is 2.58. The average Bonchev–Trinajstić information content (AvgIpc) is 3.12. The third-order valence-electron chi connectivity index (χ3n) is 4.12. The molecule has 0 fully saturated rings. The summed E-state index contributed by atoms with van der Waals surface area (Å²) < 4.78 is 41.1. The highest BCUT2D eigenvalue weighted by Gasteiger charge is 2.40. The second-order valence-electron chi connectivity index (χ2n) is 6.29. The van der Waals surface area contributed by atoms with E-state index >= 15 is 0 Å². The number of nitrogens with zero attached hydrogens (tertiary/aromatic N) is 4. The largest absolute Gasteiger partial charge is 0.410 e. The molecule has 2 aromatic heterocycles. The van der Waals surface area contributed by atoms with E-state index in [2.05, 4.69) is 10.2 Å². The maximum Gasteiger partial charge on any atom is 0.410 e. The molecule has 0 aliphatic carbocycles. The Kier molecular flexibility index (Phi) is 5.94. The Bertz CT molecular complexity index is 1130. The standard InChI is InChI=1S/C18H15ClF3N5O3/c1-26-8-12(7-23-26)27-17(30)13(16(29)24-15(9-28)18(20,21)22)6-14(25-27)10-2-4-11(19)5-3-10/h2-8,15,28H,9H2,1H3,(H,24,29)/t15-/m1/s1. The minimum Gasteiger partial charge on any atom is -0.394 e. The second-order valence-corrected chi connectivity index (χ2v) is 6.73. The van der Waals surface area contributed by atoms with E-state index in [-0.39, 0.29) is 11.4 Å². The lowest BCUT2D eigenvalue weighted by atomic mass is 10.1. The number of hydrogen-bond donors (Lipinski definition) is 2. The van der Waals surface area contributed by atoms with Crippen molar-refractivity contribution in [2.45, 2.75) is 12.2 Å². The highest BCUT2D eigenvalue weighted by atomic mass is 35.5. The van der Waals surface area contributed by atoms with Crippen LogP contribution in [0.15, 0.2) is 47.5 Å². The fourth-order valence-corrected chi connectivity index (χ4v) is 2.70. The highest BCUT2D eigenvalue weighted by Crippen LogP contribution is 2.22. The van der Waals surface area contributed by atoms with Gasteiger partial charge in [-0.1, -0.05) is 23.7 Å². The van der Waals surface area contributed by atoms with Crippen LogP contribution in [0.3, 0.4) is 0 Å². The molecule has 8 nitrogen and oxygen atoms in total. The number of benzene rings is 1. The van der Waals surface area contributed by atoms with Crippen molar-refractivity contribution in [3.05, 3.63) is 63.7 Å². The zero-order valence-corrected chi connectivity index (χ0v) is 16.1. The van der Waals surface area contributed by atoms with Crippen LogP contribution in [0, 0.1) is 0 Å². The van der Waals surface area contributed by atoms with Crippen LogP contribution in [0.25, 0.3) is 16.9 Å². The quantitative estimate of drug-likeness (QED) is 0.630. The summed E-state index contributed by atoms with van der Waals surface area (Å²) in [5.41, 5.74) is -0.700. The van der Waals surface area contributed by atoms with Gasteiger partial charge in [-0.3, -0.25) is 14.3 Å². The molecule has 0 aliphatic rings. The number of aromatic nitrogens is 4. The lowest BCUT2D eigenvalue weighted by Crippen LogP contribution is -2.49. The topological polar surface area (TPSA) is 102 Å². The van der Waals surface area contributed by atoms with Crippen LogP contribution < -0.4 is 10.9 Å². The van der Waals surface area contributed by atoms with Crippen LogP contribution in [0.4, 0.5) is 13.2 Å². The molecule has 1 aromatic carbocycles. The number of nitrogens with one attached hydrogen (secondary N) is 1. The van der Waals surface area contributed by atoms with Gasteiger partial charge in [-0.15, -0.1) is 0 Å². The molecule has 30 heavy (non-hydrogen) atoms. The molecular formula is C18H15ClF3N5O3. The summed E-state index contributed by atoms with van der Waals surface area (Å²) in [5, 5.41) is 19.2. The van der Waals surface area contributed by atoms with Gasteiger partial charge in [-0.2, -0.15) is 28.1 Å². The minimum absolute atomic E-state index is 0.146. The first-order chi connectivity index (χ1) is 14.1. The monoisotopic (exact) mass is 441 g/mol. The van der Waals surface area contributed by atoms with Gasteiger partial charge in [0.2, 0.25) is 0 Å². The van der Waals surface area contributed by atoms with Gasteiger partial charge in [0.1, 0.15) is 17.3 Å². The second kappa shape index (κ2) is 8.28. The number of carbonyl (C=O) groups excluding carboxylic acids is 1. The van der Waals surface area contributed by atoms with E-state index in [9.17, 15) is 22.8 Å². The molecule has 12 heteroatoms. The van der Waals surface area contributed by atoms with Crippen LogP contribution >= 0.6 is 11.6 Å². The van der Waals surface area contributed by atoms with Crippen molar-refractivity contribution in [1.82, 2.24) is 24.9 Å². The molecule has 0 unspecified atom stereocenters. The Morgan fingerprint density at radius 1 is 1.30 bits per heavy atom. The van der Waals surface area contributed by atoms with Gasteiger partial charge in [0, 0.05) is 17.6 Å². The SMILES string of the molecule is Cn1cc(-n2nc(-c3ccc(Cl)cc3)cc(C(=O)N[C@H](CO)C(F)(F)F)c2=O)cn1. The average molecular weight is 442 g/mol. The van der Waals surface area contributed by atoms with E-state index in [0.717, 1.165) is 10.7 Å².